The van der Waals surface area contributed by atoms with Gasteiger partial charge in [0, 0.05) is 43.9 Å². The van der Waals surface area contributed by atoms with Crippen molar-refractivity contribution in [3.63, 3.8) is 0 Å². The number of aliphatic hydroxyl groups excluding tert-OH is 3. The second kappa shape index (κ2) is 14.3. The van der Waals surface area contributed by atoms with Crippen molar-refractivity contribution in [2.24, 2.45) is 5.92 Å². The summed E-state index contributed by atoms with van der Waals surface area (Å²) in [5.74, 6) is 0.249. The Morgan fingerprint density at radius 2 is 1.98 bits per heavy atom. The van der Waals surface area contributed by atoms with Gasteiger partial charge in [-0.05, 0) is 49.5 Å². The van der Waals surface area contributed by atoms with Crippen LogP contribution in [0, 0.1) is 5.92 Å². The van der Waals surface area contributed by atoms with Gasteiger partial charge in [-0.3, -0.25) is 9.59 Å². The van der Waals surface area contributed by atoms with E-state index in [0.29, 0.717) is 66.7 Å². The Kier molecular flexibility index (Phi) is 10.8. The Bertz CT molecular complexity index is 1050. The van der Waals surface area contributed by atoms with Crippen LogP contribution < -0.4 is 14.8 Å². The van der Waals surface area contributed by atoms with Crippen LogP contribution in [0.1, 0.15) is 68.9 Å². The highest BCUT2D eigenvalue weighted by atomic mass is 16.5. The summed E-state index contributed by atoms with van der Waals surface area (Å²) in [6.45, 7) is 2.95. The van der Waals surface area contributed by atoms with Crippen LogP contribution in [0.15, 0.2) is 23.8 Å². The molecular weight excluding hydrogens is 516 g/mol. The third-order valence-corrected chi connectivity index (χ3v) is 8.31. The van der Waals surface area contributed by atoms with Gasteiger partial charge in [0.05, 0.1) is 32.3 Å². The molecule has 0 aromatic heterocycles. The molecular formula is C30H44N2O8. The lowest BCUT2D eigenvalue weighted by Crippen LogP contribution is -2.56. The van der Waals surface area contributed by atoms with Crippen LogP contribution in [0.3, 0.4) is 0 Å². The molecule has 1 fully saturated rings. The number of hydrogen-bond acceptors (Lipinski definition) is 8. The lowest BCUT2D eigenvalue weighted by molar-refractivity contribution is -0.137. The van der Waals surface area contributed by atoms with E-state index in [4.69, 9.17) is 14.2 Å². The van der Waals surface area contributed by atoms with Gasteiger partial charge in [-0.2, -0.15) is 0 Å². The molecule has 2 aliphatic carbocycles. The van der Waals surface area contributed by atoms with Gasteiger partial charge in [0.15, 0.2) is 11.5 Å². The van der Waals surface area contributed by atoms with Crippen LogP contribution in [0.5, 0.6) is 11.5 Å². The normalized spacial score (nSPS) is 23.7. The second-order valence-electron chi connectivity index (χ2n) is 10.8. The summed E-state index contributed by atoms with van der Waals surface area (Å²) in [5, 5.41) is 33.6. The molecule has 1 aliphatic heterocycles. The van der Waals surface area contributed by atoms with Crippen molar-refractivity contribution < 1.29 is 39.1 Å². The molecule has 0 spiro atoms. The Morgan fingerprint density at radius 3 is 2.65 bits per heavy atom. The lowest BCUT2D eigenvalue weighted by atomic mass is 9.77. The number of amides is 2. The monoisotopic (exact) mass is 560 g/mol. The standard InChI is InChI=1S/C30H44N2O8/c1-3-39-14-6-12-32(25(35)10-9-19-7-4-5-8-19)23-17-22(30(37)31-11-13-33)26-21-15-20(18-34)16-24(38-2)28(21)40-29(26)27(23)36/h15-17,19,23,26-27,29,33-34,36H,3-14,18H2,1-2H3,(H,31,37). The third kappa shape index (κ3) is 6.62. The number of hydrogen-bond donors (Lipinski definition) is 4. The minimum atomic E-state index is -1.11. The molecule has 4 rings (SSSR count). The molecule has 2 amide bonds. The van der Waals surface area contributed by atoms with Crippen LogP contribution in [-0.4, -0.2) is 90.3 Å². The number of methoxy groups -OCH3 is 1. The van der Waals surface area contributed by atoms with Gasteiger partial charge in [0.25, 0.3) is 0 Å². The quantitative estimate of drug-likeness (QED) is 0.254. The summed E-state index contributed by atoms with van der Waals surface area (Å²) in [7, 11) is 1.50. The highest BCUT2D eigenvalue weighted by molar-refractivity contribution is 5.96. The highest BCUT2D eigenvalue weighted by Gasteiger charge is 2.51. The van der Waals surface area contributed by atoms with Crippen molar-refractivity contribution in [1.82, 2.24) is 10.2 Å². The van der Waals surface area contributed by atoms with Gasteiger partial charge in [0.1, 0.15) is 12.2 Å². The molecule has 4 N–H and O–H groups in total. The fraction of sp³-hybridized carbons (Fsp3) is 0.667. The molecule has 1 aromatic rings. The van der Waals surface area contributed by atoms with Gasteiger partial charge >= 0.3 is 0 Å². The maximum Gasteiger partial charge on any atom is 0.247 e. The molecule has 3 aliphatic rings. The average Bonchev–Trinajstić information content (AvgIpc) is 3.63. The molecule has 1 aromatic carbocycles. The van der Waals surface area contributed by atoms with Crippen LogP contribution in [0.4, 0.5) is 0 Å². The number of nitrogens with zero attached hydrogens (tertiary/aromatic N) is 1. The number of ether oxygens (including phenoxy) is 3. The predicted molar refractivity (Wildman–Crippen MR) is 148 cm³/mol. The smallest absolute Gasteiger partial charge is 0.247 e. The molecule has 4 unspecified atom stereocenters. The van der Waals surface area contributed by atoms with E-state index in [9.17, 15) is 24.9 Å². The number of benzene rings is 1. The zero-order valence-electron chi connectivity index (χ0n) is 23.6. The lowest BCUT2D eigenvalue weighted by Gasteiger charge is -2.41. The summed E-state index contributed by atoms with van der Waals surface area (Å²) in [6.07, 6.45) is 6.20. The summed E-state index contributed by atoms with van der Waals surface area (Å²) in [4.78, 5) is 28.8. The zero-order chi connectivity index (χ0) is 28.6. The van der Waals surface area contributed by atoms with Crippen molar-refractivity contribution in [2.45, 2.75) is 82.6 Å². The molecule has 1 heterocycles. The minimum Gasteiger partial charge on any atom is -0.493 e. The molecule has 0 radical (unpaired) electrons. The fourth-order valence-corrected chi connectivity index (χ4v) is 6.31. The second-order valence-corrected chi connectivity index (χ2v) is 10.8. The van der Waals surface area contributed by atoms with E-state index < -0.39 is 30.1 Å². The topological polar surface area (TPSA) is 138 Å². The van der Waals surface area contributed by atoms with E-state index in [1.165, 1.54) is 20.0 Å². The van der Waals surface area contributed by atoms with Gasteiger partial charge in [-0.1, -0.05) is 25.7 Å². The average molecular weight is 561 g/mol. The Hall–Kier alpha value is -2.66. The highest BCUT2D eigenvalue weighted by Crippen LogP contribution is 2.51. The molecule has 40 heavy (non-hydrogen) atoms. The number of fused-ring (bicyclic) bond motifs is 3. The van der Waals surface area contributed by atoms with E-state index in [1.807, 2.05) is 6.92 Å². The van der Waals surface area contributed by atoms with Crippen LogP contribution in [0.25, 0.3) is 0 Å². The van der Waals surface area contributed by atoms with Crippen molar-refractivity contribution >= 4 is 11.8 Å². The van der Waals surface area contributed by atoms with E-state index in [-0.39, 0.29) is 25.7 Å². The maximum atomic E-state index is 13.7. The first-order valence-corrected chi connectivity index (χ1v) is 14.6. The van der Waals surface area contributed by atoms with Gasteiger partial charge in [-0.15, -0.1) is 0 Å². The summed E-state index contributed by atoms with van der Waals surface area (Å²) < 4.78 is 17.3. The van der Waals surface area contributed by atoms with Crippen molar-refractivity contribution in [1.29, 1.82) is 0 Å². The van der Waals surface area contributed by atoms with E-state index >= 15 is 0 Å². The SMILES string of the molecule is CCOCCCN(C(=O)CCC1CCCC1)C1C=C(C(=O)NCCO)C2c3cc(CO)cc(OC)c3OC2C1O. The predicted octanol–water partition coefficient (Wildman–Crippen LogP) is 2.04. The molecule has 1 saturated carbocycles. The summed E-state index contributed by atoms with van der Waals surface area (Å²) in [5.41, 5.74) is 1.57. The van der Waals surface area contributed by atoms with E-state index in [2.05, 4.69) is 5.32 Å². The van der Waals surface area contributed by atoms with E-state index in [1.54, 1.807) is 23.1 Å². The van der Waals surface area contributed by atoms with Gasteiger partial charge in [-0.25, -0.2) is 0 Å². The first-order valence-electron chi connectivity index (χ1n) is 14.6. The molecule has 4 atom stereocenters. The number of carbonyl (C=O) groups is 2. The van der Waals surface area contributed by atoms with E-state index in [0.717, 1.165) is 19.3 Å². The molecule has 10 nitrogen and oxygen atoms in total. The maximum absolute atomic E-state index is 13.7. The van der Waals surface area contributed by atoms with Crippen molar-refractivity contribution in [3.8, 4) is 11.5 Å². The van der Waals surface area contributed by atoms with Crippen LogP contribution in [0.2, 0.25) is 0 Å². The Labute approximate surface area is 236 Å². The molecule has 222 valence electrons. The Balaban J connectivity index is 1.69. The molecule has 10 heteroatoms. The molecule has 0 saturated heterocycles. The number of aliphatic hydroxyl groups is 3. The van der Waals surface area contributed by atoms with Crippen LogP contribution in [-0.2, 0) is 20.9 Å². The zero-order valence-corrected chi connectivity index (χ0v) is 23.6. The summed E-state index contributed by atoms with van der Waals surface area (Å²) >= 11 is 0. The van der Waals surface area contributed by atoms with Crippen molar-refractivity contribution in [3.05, 3.63) is 34.9 Å². The molecule has 0 bridgehead atoms. The number of nitrogens with one attached hydrogen (secondary N) is 1. The Morgan fingerprint density at radius 1 is 1.20 bits per heavy atom. The van der Waals surface area contributed by atoms with Gasteiger partial charge in [0.2, 0.25) is 11.8 Å². The number of carbonyl (C=O) groups excluding carboxylic acids is 2. The fourth-order valence-electron chi connectivity index (χ4n) is 6.31. The summed E-state index contributed by atoms with van der Waals surface area (Å²) in [6, 6.07) is 2.64. The van der Waals surface area contributed by atoms with Gasteiger partial charge < -0.3 is 39.7 Å². The largest absolute Gasteiger partial charge is 0.493 e. The van der Waals surface area contributed by atoms with Crippen LogP contribution >= 0.6 is 0 Å². The first-order chi connectivity index (χ1) is 19.4. The first kappa shape index (κ1) is 30.3. The number of rotatable bonds is 14. The van der Waals surface area contributed by atoms with Crippen molar-refractivity contribution in [2.75, 3.05) is 40.0 Å². The minimum absolute atomic E-state index is 0.0621. The third-order valence-electron chi connectivity index (χ3n) is 8.31.